The zero-order valence-corrected chi connectivity index (χ0v) is 15.4. The predicted octanol–water partition coefficient (Wildman–Crippen LogP) is 3.45. The molecular formula is C22H26N2O2. The third-order valence-electron chi connectivity index (χ3n) is 4.97. The number of fused-ring (bicyclic) bond motifs is 1. The van der Waals surface area contributed by atoms with Gasteiger partial charge in [-0.25, -0.2) is 0 Å². The van der Waals surface area contributed by atoms with Crippen LogP contribution in [0, 0.1) is 0 Å². The van der Waals surface area contributed by atoms with E-state index in [2.05, 4.69) is 18.2 Å². The van der Waals surface area contributed by atoms with E-state index in [1.54, 1.807) is 11.8 Å². The molecule has 0 aromatic heterocycles. The van der Waals surface area contributed by atoms with Gasteiger partial charge in [0.15, 0.2) is 0 Å². The molecule has 4 heteroatoms. The Morgan fingerprint density at radius 3 is 2.50 bits per heavy atom. The first kappa shape index (κ1) is 18.2. The van der Waals surface area contributed by atoms with E-state index >= 15 is 0 Å². The van der Waals surface area contributed by atoms with Gasteiger partial charge in [0, 0.05) is 38.7 Å². The Labute approximate surface area is 155 Å². The number of carbonyl (C=O) groups excluding carboxylic acids is 2. The van der Waals surface area contributed by atoms with Crippen LogP contribution < -0.4 is 4.90 Å². The fourth-order valence-electron chi connectivity index (χ4n) is 3.49. The van der Waals surface area contributed by atoms with E-state index in [9.17, 15) is 9.59 Å². The highest BCUT2D eigenvalue weighted by Crippen LogP contribution is 2.27. The highest BCUT2D eigenvalue weighted by atomic mass is 16.2. The highest BCUT2D eigenvalue weighted by Gasteiger charge is 2.22. The Bertz CT molecular complexity index is 758. The molecule has 0 unspecified atom stereocenters. The Kier molecular flexibility index (Phi) is 6.05. The Balaban J connectivity index is 1.57. The molecule has 0 aliphatic carbocycles. The summed E-state index contributed by atoms with van der Waals surface area (Å²) < 4.78 is 0. The summed E-state index contributed by atoms with van der Waals surface area (Å²) in [6.07, 6.45) is 3.19. The fraction of sp³-hybridized carbons (Fsp3) is 0.364. The van der Waals surface area contributed by atoms with E-state index in [1.165, 1.54) is 11.1 Å². The van der Waals surface area contributed by atoms with Crippen molar-refractivity contribution in [1.29, 1.82) is 0 Å². The molecule has 0 bridgehead atoms. The zero-order valence-electron chi connectivity index (χ0n) is 15.4. The first-order valence-corrected chi connectivity index (χ1v) is 9.33. The second kappa shape index (κ2) is 8.65. The fourth-order valence-corrected chi connectivity index (χ4v) is 3.49. The molecule has 0 radical (unpaired) electrons. The van der Waals surface area contributed by atoms with Crippen molar-refractivity contribution in [2.45, 2.75) is 32.6 Å². The summed E-state index contributed by atoms with van der Waals surface area (Å²) in [5.74, 6) is 0.121. The van der Waals surface area contributed by atoms with Gasteiger partial charge in [0.2, 0.25) is 11.8 Å². The van der Waals surface area contributed by atoms with E-state index in [1.807, 2.05) is 41.3 Å². The molecule has 1 aliphatic heterocycles. The van der Waals surface area contributed by atoms with Crippen molar-refractivity contribution in [2.24, 2.45) is 0 Å². The molecule has 0 N–H and O–H groups in total. The molecule has 0 fully saturated rings. The van der Waals surface area contributed by atoms with Crippen LogP contribution in [0.4, 0.5) is 5.69 Å². The second-order valence-corrected chi connectivity index (χ2v) is 6.77. The minimum absolute atomic E-state index is 0.0211. The van der Waals surface area contributed by atoms with Crippen molar-refractivity contribution in [3.8, 4) is 0 Å². The molecule has 136 valence electrons. The van der Waals surface area contributed by atoms with Crippen LogP contribution in [0.15, 0.2) is 54.6 Å². The Hall–Kier alpha value is -2.62. The molecular weight excluding hydrogens is 324 g/mol. The van der Waals surface area contributed by atoms with Gasteiger partial charge in [0.05, 0.1) is 0 Å². The maximum atomic E-state index is 12.8. The molecule has 0 atom stereocenters. The van der Waals surface area contributed by atoms with Crippen molar-refractivity contribution in [2.75, 3.05) is 24.5 Å². The van der Waals surface area contributed by atoms with E-state index in [4.69, 9.17) is 0 Å². The average molecular weight is 350 g/mol. The van der Waals surface area contributed by atoms with Crippen LogP contribution in [0.25, 0.3) is 0 Å². The SMILES string of the molecule is CC(=O)N(CCC(=O)N1CCCc2ccccc21)CCc1ccccc1. The maximum Gasteiger partial charge on any atom is 0.228 e. The maximum absolute atomic E-state index is 12.8. The van der Waals surface area contributed by atoms with Gasteiger partial charge in [-0.15, -0.1) is 0 Å². The minimum Gasteiger partial charge on any atom is -0.342 e. The van der Waals surface area contributed by atoms with Gasteiger partial charge >= 0.3 is 0 Å². The molecule has 0 saturated carbocycles. The lowest BCUT2D eigenvalue weighted by atomic mass is 10.0. The number of hydrogen-bond donors (Lipinski definition) is 0. The monoisotopic (exact) mass is 350 g/mol. The van der Waals surface area contributed by atoms with Crippen LogP contribution in [0.5, 0.6) is 0 Å². The molecule has 2 aromatic rings. The summed E-state index contributed by atoms with van der Waals surface area (Å²) in [5.41, 5.74) is 3.47. The molecule has 0 saturated heterocycles. The molecule has 0 spiro atoms. The summed E-state index contributed by atoms with van der Waals surface area (Å²) in [5, 5.41) is 0. The topological polar surface area (TPSA) is 40.6 Å². The predicted molar refractivity (Wildman–Crippen MR) is 104 cm³/mol. The van der Waals surface area contributed by atoms with E-state index < -0.39 is 0 Å². The van der Waals surface area contributed by atoms with Crippen molar-refractivity contribution in [3.63, 3.8) is 0 Å². The van der Waals surface area contributed by atoms with Crippen molar-refractivity contribution in [3.05, 3.63) is 65.7 Å². The molecule has 1 aliphatic rings. The largest absolute Gasteiger partial charge is 0.342 e. The lowest BCUT2D eigenvalue weighted by molar-refractivity contribution is -0.129. The Morgan fingerprint density at radius 1 is 1.00 bits per heavy atom. The number of amides is 2. The normalized spacial score (nSPS) is 13.2. The lowest BCUT2D eigenvalue weighted by Crippen LogP contribution is -2.39. The smallest absolute Gasteiger partial charge is 0.228 e. The quantitative estimate of drug-likeness (QED) is 0.801. The summed E-state index contributed by atoms with van der Waals surface area (Å²) in [4.78, 5) is 28.4. The van der Waals surface area contributed by atoms with Gasteiger partial charge in [-0.1, -0.05) is 48.5 Å². The van der Waals surface area contributed by atoms with E-state index in [-0.39, 0.29) is 11.8 Å². The minimum atomic E-state index is 0.0211. The van der Waals surface area contributed by atoms with Crippen LogP contribution >= 0.6 is 0 Å². The molecule has 26 heavy (non-hydrogen) atoms. The number of rotatable bonds is 6. The summed E-state index contributed by atoms with van der Waals surface area (Å²) in [6.45, 7) is 3.45. The van der Waals surface area contributed by atoms with Crippen LogP contribution in [-0.2, 0) is 22.4 Å². The number of para-hydroxylation sites is 1. The number of nitrogens with zero attached hydrogens (tertiary/aromatic N) is 2. The van der Waals surface area contributed by atoms with E-state index in [0.717, 1.165) is 31.5 Å². The number of hydrogen-bond acceptors (Lipinski definition) is 2. The second-order valence-electron chi connectivity index (χ2n) is 6.77. The van der Waals surface area contributed by atoms with Gasteiger partial charge in [0.1, 0.15) is 0 Å². The zero-order chi connectivity index (χ0) is 18.4. The highest BCUT2D eigenvalue weighted by molar-refractivity contribution is 5.94. The van der Waals surface area contributed by atoms with Gasteiger partial charge in [-0.05, 0) is 36.5 Å². The summed E-state index contributed by atoms with van der Waals surface area (Å²) in [6, 6.07) is 18.2. The van der Waals surface area contributed by atoms with Gasteiger partial charge in [0.25, 0.3) is 0 Å². The third-order valence-corrected chi connectivity index (χ3v) is 4.97. The molecule has 4 nitrogen and oxygen atoms in total. The first-order valence-electron chi connectivity index (χ1n) is 9.33. The van der Waals surface area contributed by atoms with Gasteiger partial charge in [-0.3, -0.25) is 9.59 Å². The standard InChI is InChI=1S/C22H26N2O2/c1-18(25)23(16-13-19-8-3-2-4-9-19)17-14-22(26)24-15-7-11-20-10-5-6-12-21(20)24/h2-6,8-10,12H,7,11,13-17H2,1H3. The van der Waals surface area contributed by atoms with Crippen LogP contribution in [-0.4, -0.2) is 36.3 Å². The number of carbonyl (C=O) groups is 2. The van der Waals surface area contributed by atoms with Crippen LogP contribution in [0.3, 0.4) is 0 Å². The van der Waals surface area contributed by atoms with Crippen molar-refractivity contribution >= 4 is 17.5 Å². The van der Waals surface area contributed by atoms with Crippen LogP contribution in [0.1, 0.15) is 30.9 Å². The number of anilines is 1. The summed E-state index contributed by atoms with van der Waals surface area (Å²) in [7, 11) is 0. The number of aryl methyl sites for hydroxylation is 1. The molecule has 1 heterocycles. The Morgan fingerprint density at radius 2 is 1.73 bits per heavy atom. The average Bonchev–Trinajstić information content (AvgIpc) is 2.67. The molecule has 2 aromatic carbocycles. The molecule has 3 rings (SSSR count). The van der Waals surface area contributed by atoms with Gasteiger partial charge in [-0.2, -0.15) is 0 Å². The van der Waals surface area contributed by atoms with Crippen LogP contribution in [0.2, 0.25) is 0 Å². The van der Waals surface area contributed by atoms with Gasteiger partial charge < -0.3 is 9.80 Å². The molecule has 2 amide bonds. The van der Waals surface area contributed by atoms with Crippen molar-refractivity contribution in [1.82, 2.24) is 4.90 Å². The lowest BCUT2D eigenvalue weighted by Gasteiger charge is -2.30. The van der Waals surface area contributed by atoms with E-state index in [0.29, 0.717) is 19.5 Å². The third kappa shape index (κ3) is 4.51. The van der Waals surface area contributed by atoms with Crippen molar-refractivity contribution < 1.29 is 9.59 Å². The summed E-state index contributed by atoms with van der Waals surface area (Å²) >= 11 is 0. The number of benzene rings is 2. The first-order chi connectivity index (χ1) is 12.6.